The van der Waals surface area contributed by atoms with Crippen LogP contribution >= 0.6 is 34.5 Å². The summed E-state index contributed by atoms with van der Waals surface area (Å²) < 4.78 is 15.8. The predicted molar refractivity (Wildman–Crippen MR) is 124 cm³/mol. The smallest absolute Gasteiger partial charge is 0.163 e. The zero-order valence-electron chi connectivity index (χ0n) is 17.0. The molecule has 2 heterocycles. The molecule has 0 amide bonds. The number of aliphatic hydroxyl groups is 1. The highest BCUT2D eigenvalue weighted by Crippen LogP contribution is 2.37. The molecule has 9 heteroatoms. The summed E-state index contributed by atoms with van der Waals surface area (Å²) in [5.41, 5.74) is 0.918. The van der Waals surface area contributed by atoms with Gasteiger partial charge in [0.15, 0.2) is 5.82 Å². The number of hydrogen-bond acceptors (Lipinski definition) is 5. The van der Waals surface area contributed by atoms with E-state index in [4.69, 9.17) is 23.2 Å². The van der Waals surface area contributed by atoms with Crippen LogP contribution in [0.25, 0.3) is 0 Å². The van der Waals surface area contributed by atoms with Gasteiger partial charge in [-0.15, -0.1) is 11.3 Å². The van der Waals surface area contributed by atoms with Gasteiger partial charge in [0, 0.05) is 16.1 Å². The summed E-state index contributed by atoms with van der Waals surface area (Å²) >= 11 is 13.6. The Morgan fingerprint density at radius 1 is 1.13 bits per heavy atom. The van der Waals surface area contributed by atoms with E-state index in [1.165, 1.54) is 17.5 Å². The van der Waals surface area contributed by atoms with Gasteiger partial charge in [-0.3, -0.25) is 0 Å². The zero-order chi connectivity index (χ0) is 22.1. The minimum absolute atomic E-state index is 0.228. The number of benzene rings is 1. The molecule has 0 aliphatic heterocycles. The van der Waals surface area contributed by atoms with Crippen LogP contribution in [0.15, 0.2) is 48.0 Å². The Labute approximate surface area is 193 Å². The van der Waals surface area contributed by atoms with Crippen molar-refractivity contribution in [3.8, 4) is 0 Å². The molecular formula is C21H23Cl2N3O2S2. The first-order chi connectivity index (χ1) is 14.0. The van der Waals surface area contributed by atoms with Gasteiger partial charge < -0.3 is 5.11 Å². The molecule has 3 aromatic rings. The lowest BCUT2D eigenvalue weighted by molar-refractivity contribution is 0.213. The van der Waals surface area contributed by atoms with Crippen molar-refractivity contribution in [1.29, 1.82) is 0 Å². The van der Waals surface area contributed by atoms with E-state index < -0.39 is 27.4 Å². The van der Waals surface area contributed by atoms with E-state index in [2.05, 4.69) is 14.7 Å². The fraction of sp³-hybridized carbons (Fsp3) is 0.333. The average Bonchev–Trinajstić information content (AvgIpc) is 3.17. The molecule has 5 nitrogen and oxygen atoms in total. The van der Waals surface area contributed by atoms with Crippen LogP contribution in [-0.4, -0.2) is 24.0 Å². The summed E-state index contributed by atoms with van der Waals surface area (Å²) in [4.78, 5) is 8.87. The minimum Gasteiger partial charge on any atom is -0.379 e. The molecule has 0 aliphatic rings. The lowest BCUT2D eigenvalue weighted by atomic mass is 9.87. The zero-order valence-corrected chi connectivity index (χ0v) is 20.2. The van der Waals surface area contributed by atoms with Crippen molar-refractivity contribution < 1.29 is 9.32 Å². The van der Waals surface area contributed by atoms with Gasteiger partial charge in [0.1, 0.15) is 11.3 Å². The highest BCUT2D eigenvalue weighted by atomic mass is 35.5. The van der Waals surface area contributed by atoms with Crippen molar-refractivity contribution in [2.24, 2.45) is 0 Å². The van der Waals surface area contributed by atoms with Crippen LogP contribution in [-0.2, 0) is 16.5 Å². The van der Waals surface area contributed by atoms with E-state index in [0.29, 0.717) is 9.90 Å². The molecule has 2 aromatic heterocycles. The molecule has 0 spiro atoms. The fourth-order valence-corrected chi connectivity index (χ4v) is 5.03. The number of aromatic nitrogens is 2. The highest BCUT2D eigenvalue weighted by molar-refractivity contribution is 7.84. The molecule has 0 saturated heterocycles. The molecule has 0 aliphatic carbocycles. The van der Waals surface area contributed by atoms with Crippen LogP contribution in [0.2, 0.25) is 10.2 Å². The molecule has 0 radical (unpaired) electrons. The fourth-order valence-electron chi connectivity index (χ4n) is 2.79. The molecule has 3 atom stereocenters. The Hall–Kier alpha value is -1.35. The molecule has 0 bridgehead atoms. The summed E-state index contributed by atoms with van der Waals surface area (Å²) in [6.45, 7) is 7.69. The second kappa shape index (κ2) is 9.02. The monoisotopic (exact) mass is 483 g/mol. The Morgan fingerprint density at radius 2 is 1.87 bits per heavy atom. The number of nitrogens with zero attached hydrogens (tertiary/aromatic N) is 2. The van der Waals surface area contributed by atoms with E-state index in [-0.39, 0.29) is 11.0 Å². The van der Waals surface area contributed by atoms with Crippen LogP contribution in [0, 0.1) is 0 Å². The molecular weight excluding hydrogens is 461 g/mol. The maximum atomic E-state index is 13.0. The third-order valence-corrected chi connectivity index (χ3v) is 7.74. The second-order valence-electron chi connectivity index (χ2n) is 8.00. The van der Waals surface area contributed by atoms with E-state index in [1.54, 1.807) is 12.1 Å². The third kappa shape index (κ3) is 5.10. The molecule has 0 saturated carbocycles. The van der Waals surface area contributed by atoms with Gasteiger partial charge in [0.25, 0.3) is 0 Å². The van der Waals surface area contributed by atoms with Gasteiger partial charge in [0.05, 0.1) is 21.3 Å². The van der Waals surface area contributed by atoms with Crippen LogP contribution in [0.5, 0.6) is 0 Å². The summed E-state index contributed by atoms with van der Waals surface area (Å²) in [6.07, 6.45) is 0.492. The van der Waals surface area contributed by atoms with E-state index in [1.807, 2.05) is 57.3 Å². The quantitative estimate of drug-likeness (QED) is 0.469. The van der Waals surface area contributed by atoms with Gasteiger partial charge in [-0.2, -0.15) is 0 Å². The summed E-state index contributed by atoms with van der Waals surface area (Å²) in [5, 5.41) is 13.5. The van der Waals surface area contributed by atoms with Gasteiger partial charge in [-0.25, -0.2) is 18.9 Å². The first-order valence-electron chi connectivity index (χ1n) is 9.22. The molecule has 1 unspecified atom stereocenters. The van der Waals surface area contributed by atoms with E-state index >= 15 is 0 Å². The SMILES string of the molecule is CC(C)(C)S(=O)N[C@](C)(c1cccc(Cl)c1)c1csc([C@@H](O)c2nccc(Cl)n2)c1. The first kappa shape index (κ1) is 23.3. The lowest BCUT2D eigenvalue weighted by Crippen LogP contribution is -2.46. The maximum absolute atomic E-state index is 13.0. The van der Waals surface area contributed by atoms with Gasteiger partial charge >= 0.3 is 0 Å². The van der Waals surface area contributed by atoms with Crippen molar-refractivity contribution in [2.75, 3.05) is 0 Å². The average molecular weight is 484 g/mol. The summed E-state index contributed by atoms with van der Waals surface area (Å²) in [7, 11) is -1.35. The van der Waals surface area contributed by atoms with Crippen molar-refractivity contribution in [3.05, 3.63) is 80.0 Å². The Bertz CT molecular complexity index is 1070. The van der Waals surface area contributed by atoms with Crippen LogP contribution in [0.3, 0.4) is 0 Å². The molecule has 3 rings (SSSR count). The van der Waals surface area contributed by atoms with Crippen LogP contribution in [0.1, 0.15) is 55.6 Å². The number of halogens is 2. The summed E-state index contributed by atoms with van der Waals surface area (Å²) in [6, 6.07) is 10.9. The number of hydrogen-bond donors (Lipinski definition) is 2. The molecule has 2 N–H and O–H groups in total. The minimum atomic E-state index is -1.35. The lowest BCUT2D eigenvalue weighted by Gasteiger charge is -2.33. The highest BCUT2D eigenvalue weighted by Gasteiger charge is 2.35. The topological polar surface area (TPSA) is 75.1 Å². The number of nitrogens with one attached hydrogen (secondary N) is 1. The molecule has 1 aromatic carbocycles. The molecule has 30 heavy (non-hydrogen) atoms. The molecule has 160 valence electrons. The molecule has 0 fully saturated rings. The van der Waals surface area contributed by atoms with Crippen molar-refractivity contribution >= 4 is 45.5 Å². The van der Waals surface area contributed by atoms with E-state index in [9.17, 15) is 9.32 Å². The Balaban J connectivity index is 2.03. The van der Waals surface area contributed by atoms with Gasteiger partial charge in [0.2, 0.25) is 0 Å². The van der Waals surface area contributed by atoms with Crippen molar-refractivity contribution in [1.82, 2.24) is 14.7 Å². The second-order valence-corrected chi connectivity index (χ2v) is 11.7. The van der Waals surface area contributed by atoms with Crippen molar-refractivity contribution in [2.45, 2.75) is 44.1 Å². The first-order valence-corrected chi connectivity index (χ1v) is 12.0. The maximum Gasteiger partial charge on any atom is 0.163 e. The largest absolute Gasteiger partial charge is 0.379 e. The van der Waals surface area contributed by atoms with Gasteiger partial charge in [-0.05, 0) is 68.5 Å². The Kier molecular flexibility index (Phi) is 7.01. The van der Waals surface area contributed by atoms with E-state index in [0.717, 1.165) is 11.1 Å². The standard InChI is InChI=1S/C21H23Cl2N3O2S2/c1-20(2,3)30(28)26-21(4,13-6-5-7-15(22)10-13)14-11-16(29-12-14)18(27)19-24-9-8-17(23)25-19/h5-12,18,26-27H,1-4H3/t18-,21-,30?/m1/s1. The third-order valence-electron chi connectivity index (χ3n) is 4.61. The Morgan fingerprint density at radius 3 is 2.50 bits per heavy atom. The van der Waals surface area contributed by atoms with Crippen molar-refractivity contribution in [3.63, 3.8) is 0 Å². The van der Waals surface area contributed by atoms with Crippen LogP contribution in [0.4, 0.5) is 0 Å². The normalized spacial score (nSPS) is 16.1. The predicted octanol–water partition coefficient (Wildman–Crippen LogP) is 5.24. The number of thiophene rings is 1. The summed E-state index contributed by atoms with van der Waals surface area (Å²) in [5.74, 6) is 0.228. The van der Waals surface area contributed by atoms with Crippen LogP contribution < -0.4 is 4.72 Å². The number of rotatable bonds is 6. The number of aliphatic hydroxyl groups excluding tert-OH is 1. The van der Waals surface area contributed by atoms with Gasteiger partial charge in [-0.1, -0.05) is 35.3 Å².